The van der Waals surface area contributed by atoms with Crippen LogP contribution in [-0.2, 0) is 9.47 Å². The highest BCUT2D eigenvalue weighted by atomic mass is 16.5. The van der Waals surface area contributed by atoms with E-state index in [0.717, 1.165) is 38.5 Å². The van der Waals surface area contributed by atoms with E-state index in [1.165, 1.54) is 6.42 Å². The SMILES string of the molecule is CC1CC(OC(=O)c2cccc(C(=O)OC3CCC(N)C(C)C3)c2)CCC1N.CCC. The highest BCUT2D eigenvalue weighted by Crippen LogP contribution is 2.27. The van der Waals surface area contributed by atoms with Gasteiger partial charge in [0.2, 0.25) is 0 Å². The van der Waals surface area contributed by atoms with E-state index in [1.807, 2.05) is 0 Å². The number of hydrogen-bond donors (Lipinski definition) is 2. The van der Waals surface area contributed by atoms with Crippen LogP contribution in [0.4, 0.5) is 0 Å². The number of hydrogen-bond acceptors (Lipinski definition) is 6. The number of benzene rings is 1. The molecule has 0 spiro atoms. The van der Waals surface area contributed by atoms with Gasteiger partial charge in [0, 0.05) is 12.1 Å². The third kappa shape index (κ3) is 7.62. The zero-order valence-electron chi connectivity index (χ0n) is 19.5. The van der Waals surface area contributed by atoms with E-state index in [9.17, 15) is 9.59 Å². The Labute approximate surface area is 187 Å². The molecule has 0 amide bonds. The van der Waals surface area contributed by atoms with Gasteiger partial charge in [-0.1, -0.05) is 40.2 Å². The molecule has 1 aromatic carbocycles. The van der Waals surface area contributed by atoms with E-state index < -0.39 is 11.9 Å². The van der Waals surface area contributed by atoms with E-state index in [2.05, 4.69) is 27.7 Å². The number of esters is 2. The minimum absolute atomic E-state index is 0.120. The molecule has 6 atom stereocenters. The van der Waals surface area contributed by atoms with Crippen molar-refractivity contribution in [2.45, 2.75) is 96.9 Å². The van der Waals surface area contributed by atoms with Crippen LogP contribution in [0, 0.1) is 11.8 Å². The lowest BCUT2D eigenvalue weighted by molar-refractivity contribution is 0.0129. The third-order valence-electron chi connectivity index (χ3n) is 6.26. The quantitative estimate of drug-likeness (QED) is 0.681. The first kappa shape index (κ1) is 25.3. The predicted octanol–water partition coefficient (Wildman–Crippen LogP) is 4.45. The maximum absolute atomic E-state index is 12.5. The van der Waals surface area contributed by atoms with Gasteiger partial charge in [0.25, 0.3) is 0 Å². The van der Waals surface area contributed by atoms with Crippen molar-refractivity contribution in [1.82, 2.24) is 0 Å². The fourth-order valence-electron chi connectivity index (χ4n) is 4.17. The maximum atomic E-state index is 12.5. The zero-order valence-corrected chi connectivity index (χ0v) is 19.5. The van der Waals surface area contributed by atoms with Crippen LogP contribution in [0.5, 0.6) is 0 Å². The number of ether oxygens (including phenoxy) is 2. The van der Waals surface area contributed by atoms with Crippen LogP contribution in [-0.4, -0.2) is 36.2 Å². The highest BCUT2D eigenvalue weighted by molar-refractivity contribution is 5.95. The summed E-state index contributed by atoms with van der Waals surface area (Å²) in [7, 11) is 0. The molecule has 1 aromatic rings. The Bertz CT molecular complexity index is 668. The van der Waals surface area contributed by atoms with E-state index in [-0.39, 0.29) is 24.3 Å². The summed E-state index contributed by atoms with van der Waals surface area (Å²) in [5.74, 6) is -0.142. The van der Waals surface area contributed by atoms with E-state index in [0.29, 0.717) is 23.0 Å². The fourth-order valence-corrected chi connectivity index (χ4v) is 4.17. The van der Waals surface area contributed by atoms with Crippen LogP contribution in [0.15, 0.2) is 24.3 Å². The van der Waals surface area contributed by atoms with Gasteiger partial charge in [0.15, 0.2) is 0 Å². The lowest BCUT2D eigenvalue weighted by Gasteiger charge is -2.31. The molecule has 2 fully saturated rings. The second-order valence-electron chi connectivity index (χ2n) is 9.25. The Kier molecular flexibility index (Phi) is 9.97. The Morgan fingerprint density at radius 2 is 1.23 bits per heavy atom. The maximum Gasteiger partial charge on any atom is 0.338 e. The molecule has 3 rings (SSSR count). The first-order valence-electron chi connectivity index (χ1n) is 11.8. The summed E-state index contributed by atoms with van der Waals surface area (Å²) in [6.07, 6.45) is 5.83. The lowest BCUT2D eigenvalue weighted by atomic mass is 9.84. The van der Waals surface area contributed by atoms with Crippen molar-refractivity contribution in [3.63, 3.8) is 0 Å². The van der Waals surface area contributed by atoms with Crippen LogP contribution < -0.4 is 11.5 Å². The predicted molar refractivity (Wildman–Crippen MR) is 123 cm³/mol. The summed E-state index contributed by atoms with van der Waals surface area (Å²) >= 11 is 0. The average molecular weight is 433 g/mol. The Morgan fingerprint density at radius 1 is 0.839 bits per heavy atom. The summed E-state index contributed by atoms with van der Waals surface area (Å²) in [4.78, 5) is 25.1. The largest absolute Gasteiger partial charge is 0.459 e. The molecule has 6 unspecified atom stereocenters. The standard InChI is InChI=1S/C22H32N2O4.C3H8/c1-13-10-17(6-8-19(13)23)27-21(25)15-4-3-5-16(12-15)22(26)28-18-7-9-20(24)14(2)11-18;1-3-2/h3-5,12-14,17-20H,6-11,23-24H2,1-2H3;3H2,1-2H3. The Hall–Kier alpha value is -1.92. The summed E-state index contributed by atoms with van der Waals surface area (Å²) < 4.78 is 11.3. The van der Waals surface area contributed by atoms with Gasteiger partial charge in [-0.05, 0) is 68.6 Å². The molecule has 0 heterocycles. The van der Waals surface area contributed by atoms with Gasteiger partial charge in [-0.3, -0.25) is 0 Å². The second kappa shape index (κ2) is 12.2. The second-order valence-corrected chi connectivity index (χ2v) is 9.25. The Balaban J connectivity index is 0.00000107. The molecule has 0 aromatic heterocycles. The van der Waals surface area contributed by atoms with Gasteiger partial charge in [-0.2, -0.15) is 0 Å². The molecule has 2 aliphatic carbocycles. The van der Waals surface area contributed by atoms with E-state index in [4.69, 9.17) is 20.9 Å². The van der Waals surface area contributed by atoms with Gasteiger partial charge < -0.3 is 20.9 Å². The van der Waals surface area contributed by atoms with Crippen LogP contribution in [0.3, 0.4) is 0 Å². The van der Waals surface area contributed by atoms with Gasteiger partial charge in [-0.25, -0.2) is 9.59 Å². The lowest BCUT2D eigenvalue weighted by Crippen LogP contribution is -2.38. The minimum atomic E-state index is -0.403. The number of carbonyl (C=O) groups is 2. The summed E-state index contributed by atoms with van der Waals surface area (Å²) in [5, 5.41) is 0. The molecule has 0 radical (unpaired) electrons. The smallest absolute Gasteiger partial charge is 0.338 e. The van der Waals surface area contributed by atoms with Crippen molar-refractivity contribution >= 4 is 11.9 Å². The topological polar surface area (TPSA) is 105 Å². The highest BCUT2D eigenvalue weighted by Gasteiger charge is 2.29. The van der Waals surface area contributed by atoms with Gasteiger partial charge >= 0.3 is 11.9 Å². The van der Waals surface area contributed by atoms with Crippen molar-refractivity contribution < 1.29 is 19.1 Å². The molecule has 2 aliphatic rings. The van der Waals surface area contributed by atoms with Gasteiger partial charge in [0.1, 0.15) is 12.2 Å². The van der Waals surface area contributed by atoms with Crippen molar-refractivity contribution in [3.05, 3.63) is 35.4 Å². The summed E-state index contributed by atoms with van der Waals surface area (Å²) in [5.41, 5.74) is 12.8. The number of rotatable bonds is 4. The van der Waals surface area contributed by atoms with E-state index in [1.54, 1.807) is 24.3 Å². The molecule has 4 N–H and O–H groups in total. The van der Waals surface area contributed by atoms with Crippen LogP contribution in [0.2, 0.25) is 0 Å². The molecular formula is C25H40N2O4. The molecule has 0 saturated heterocycles. The number of nitrogens with two attached hydrogens (primary N) is 2. The van der Waals surface area contributed by atoms with Gasteiger partial charge in [0.05, 0.1) is 11.1 Å². The molecule has 0 bridgehead atoms. The first-order chi connectivity index (χ1) is 14.7. The normalized spacial score (nSPS) is 30.5. The third-order valence-corrected chi connectivity index (χ3v) is 6.26. The summed E-state index contributed by atoms with van der Waals surface area (Å²) in [6, 6.07) is 6.92. The fraction of sp³-hybridized carbons (Fsp3) is 0.680. The molecule has 6 nitrogen and oxygen atoms in total. The first-order valence-corrected chi connectivity index (χ1v) is 11.8. The molecule has 31 heavy (non-hydrogen) atoms. The van der Waals surface area contributed by atoms with Crippen LogP contribution >= 0.6 is 0 Å². The Morgan fingerprint density at radius 3 is 1.58 bits per heavy atom. The number of carbonyl (C=O) groups excluding carboxylic acids is 2. The van der Waals surface area contributed by atoms with Crippen LogP contribution in [0.25, 0.3) is 0 Å². The molecular weight excluding hydrogens is 392 g/mol. The van der Waals surface area contributed by atoms with Crippen molar-refractivity contribution in [3.8, 4) is 0 Å². The molecule has 0 aliphatic heterocycles. The van der Waals surface area contributed by atoms with Crippen LogP contribution in [0.1, 0.15) is 93.4 Å². The molecule has 174 valence electrons. The average Bonchev–Trinajstić information content (AvgIpc) is 2.74. The summed E-state index contributed by atoms with van der Waals surface area (Å²) in [6.45, 7) is 8.42. The molecule has 6 heteroatoms. The molecule has 2 saturated carbocycles. The van der Waals surface area contributed by atoms with Crippen molar-refractivity contribution in [1.29, 1.82) is 0 Å². The minimum Gasteiger partial charge on any atom is -0.459 e. The zero-order chi connectivity index (χ0) is 23.0. The van der Waals surface area contributed by atoms with E-state index >= 15 is 0 Å². The monoisotopic (exact) mass is 432 g/mol. The van der Waals surface area contributed by atoms with Crippen molar-refractivity contribution in [2.75, 3.05) is 0 Å². The van der Waals surface area contributed by atoms with Gasteiger partial charge in [-0.15, -0.1) is 0 Å². The van der Waals surface area contributed by atoms with Crippen molar-refractivity contribution in [2.24, 2.45) is 23.3 Å².